The van der Waals surface area contributed by atoms with Crippen LogP contribution in [0.3, 0.4) is 0 Å². The number of nitrogens with zero attached hydrogens (tertiary/aromatic N) is 1. The minimum absolute atomic E-state index is 0.131. The van der Waals surface area contributed by atoms with Crippen LogP contribution in [0, 0.1) is 0 Å². The summed E-state index contributed by atoms with van der Waals surface area (Å²) < 4.78 is 5.36. The molecule has 2 amide bonds. The van der Waals surface area contributed by atoms with E-state index in [1.54, 1.807) is 0 Å². The molecule has 0 aromatic heterocycles. The normalized spacial score (nSPS) is 17.9. The van der Waals surface area contributed by atoms with Crippen LogP contribution in [-0.2, 0) is 14.3 Å². The standard InChI is InChI=1S/C16H21N3O3/c20-15(17-12-5-6-12)11-16(21)18-13-3-1-2-4-14(13)19-7-9-22-10-8-19/h1-4,12H,5-11H2,(H,17,20)(H,18,21). The molecular weight excluding hydrogens is 282 g/mol. The molecule has 118 valence electrons. The molecule has 0 bridgehead atoms. The van der Waals surface area contributed by atoms with Crippen molar-refractivity contribution in [2.45, 2.75) is 25.3 Å². The maximum absolute atomic E-state index is 12.0. The molecule has 1 aliphatic carbocycles. The Morgan fingerprint density at radius 3 is 2.59 bits per heavy atom. The van der Waals surface area contributed by atoms with Crippen LogP contribution in [0.2, 0.25) is 0 Å². The fourth-order valence-corrected chi connectivity index (χ4v) is 2.51. The first-order chi connectivity index (χ1) is 10.7. The molecule has 6 heteroatoms. The Morgan fingerprint density at radius 2 is 1.86 bits per heavy atom. The summed E-state index contributed by atoms with van der Waals surface area (Å²) in [6.45, 7) is 2.97. The predicted molar refractivity (Wildman–Crippen MR) is 83.9 cm³/mol. The Hall–Kier alpha value is -2.08. The monoisotopic (exact) mass is 303 g/mol. The van der Waals surface area contributed by atoms with E-state index >= 15 is 0 Å². The van der Waals surface area contributed by atoms with E-state index in [9.17, 15) is 9.59 Å². The summed E-state index contributed by atoms with van der Waals surface area (Å²) >= 11 is 0. The van der Waals surface area contributed by atoms with E-state index in [1.165, 1.54) is 0 Å². The van der Waals surface area contributed by atoms with Gasteiger partial charge in [0.25, 0.3) is 0 Å². The van der Waals surface area contributed by atoms with Crippen LogP contribution in [0.15, 0.2) is 24.3 Å². The number of carbonyl (C=O) groups excluding carboxylic acids is 2. The van der Waals surface area contributed by atoms with E-state index in [0.717, 1.165) is 37.3 Å². The molecule has 1 heterocycles. The van der Waals surface area contributed by atoms with Gasteiger partial charge in [0.2, 0.25) is 11.8 Å². The van der Waals surface area contributed by atoms with Gasteiger partial charge in [-0.05, 0) is 25.0 Å². The first-order valence-electron chi connectivity index (χ1n) is 7.73. The largest absolute Gasteiger partial charge is 0.378 e. The molecule has 2 fully saturated rings. The van der Waals surface area contributed by atoms with E-state index in [0.29, 0.717) is 13.2 Å². The summed E-state index contributed by atoms with van der Waals surface area (Å²) in [5.41, 5.74) is 1.72. The number of rotatable bonds is 5. The molecule has 1 saturated heterocycles. The first kappa shape index (κ1) is 14.8. The number of para-hydroxylation sites is 2. The van der Waals surface area contributed by atoms with Gasteiger partial charge in [-0.3, -0.25) is 9.59 Å². The Bertz CT molecular complexity index is 551. The number of morpholine rings is 1. The Kier molecular flexibility index (Phi) is 4.58. The van der Waals surface area contributed by atoms with Crippen molar-refractivity contribution >= 4 is 23.2 Å². The molecule has 1 aliphatic heterocycles. The number of carbonyl (C=O) groups is 2. The highest BCUT2D eigenvalue weighted by Gasteiger charge is 2.24. The van der Waals surface area contributed by atoms with Crippen molar-refractivity contribution in [3.05, 3.63) is 24.3 Å². The molecule has 1 aromatic carbocycles. The molecular formula is C16H21N3O3. The minimum atomic E-state index is -0.279. The third-order valence-corrected chi connectivity index (χ3v) is 3.79. The number of anilines is 2. The van der Waals surface area contributed by atoms with E-state index in [-0.39, 0.29) is 24.3 Å². The van der Waals surface area contributed by atoms with Crippen molar-refractivity contribution < 1.29 is 14.3 Å². The second-order valence-electron chi connectivity index (χ2n) is 5.68. The van der Waals surface area contributed by atoms with Gasteiger partial charge in [0, 0.05) is 19.1 Å². The highest BCUT2D eigenvalue weighted by molar-refractivity contribution is 6.05. The third kappa shape index (κ3) is 3.98. The molecule has 1 aromatic rings. The number of hydrogen-bond acceptors (Lipinski definition) is 4. The summed E-state index contributed by atoms with van der Waals surface area (Å²) in [5.74, 6) is -0.484. The Labute approximate surface area is 129 Å². The fraction of sp³-hybridized carbons (Fsp3) is 0.500. The van der Waals surface area contributed by atoms with Crippen molar-refractivity contribution in [1.29, 1.82) is 0 Å². The second-order valence-corrected chi connectivity index (χ2v) is 5.68. The SMILES string of the molecule is O=C(CC(=O)NC1CC1)Nc1ccccc1N1CCOCC1. The fourth-order valence-electron chi connectivity index (χ4n) is 2.51. The lowest BCUT2D eigenvalue weighted by Crippen LogP contribution is -2.37. The second kappa shape index (κ2) is 6.79. The maximum Gasteiger partial charge on any atom is 0.233 e. The lowest BCUT2D eigenvalue weighted by atomic mass is 10.2. The van der Waals surface area contributed by atoms with Gasteiger partial charge in [-0.15, -0.1) is 0 Å². The molecule has 0 unspecified atom stereocenters. The molecule has 2 aliphatic rings. The van der Waals surface area contributed by atoms with Gasteiger partial charge in [-0.2, -0.15) is 0 Å². The van der Waals surface area contributed by atoms with Crippen LogP contribution in [0.1, 0.15) is 19.3 Å². The average Bonchev–Trinajstić information content (AvgIpc) is 3.32. The number of benzene rings is 1. The zero-order valence-corrected chi connectivity index (χ0v) is 12.5. The van der Waals surface area contributed by atoms with Crippen molar-refractivity contribution in [3.63, 3.8) is 0 Å². The van der Waals surface area contributed by atoms with E-state index in [1.807, 2.05) is 24.3 Å². The number of hydrogen-bond donors (Lipinski definition) is 2. The zero-order valence-electron chi connectivity index (χ0n) is 12.5. The summed E-state index contributed by atoms with van der Waals surface area (Å²) in [6, 6.07) is 7.94. The van der Waals surface area contributed by atoms with Crippen LogP contribution >= 0.6 is 0 Å². The van der Waals surface area contributed by atoms with Crippen LogP contribution in [0.25, 0.3) is 0 Å². The summed E-state index contributed by atoms with van der Waals surface area (Å²) in [6.07, 6.45) is 1.91. The van der Waals surface area contributed by atoms with Crippen molar-refractivity contribution in [2.24, 2.45) is 0 Å². The molecule has 0 radical (unpaired) electrons. The van der Waals surface area contributed by atoms with Crippen molar-refractivity contribution in [3.8, 4) is 0 Å². The minimum Gasteiger partial charge on any atom is -0.378 e. The lowest BCUT2D eigenvalue weighted by Gasteiger charge is -2.30. The van der Waals surface area contributed by atoms with Gasteiger partial charge in [0.05, 0.1) is 24.6 Å². The summed E-state index contributed by atoms with van der Waals surface area (Å²) in [4.78, 5) is 25.9. The molecule has 0 spiro atoms. The van der Waals surface area contributed by atoms with Gasteiger partial charge in [0.1, 0.15) is 6.42 Å². The lowest BCUT2D eigenvalue weighted by molar-refractivity contribution is -0.126. The van der Waals surface area contributed by atoms with Gasteiger partial charge >= 0.3 is 0 Å². The van der Waals surface area contributed by atoms with E-state index < -0.39 is 0 Å². The van der Waals surface area contributed by atoms with Gasteiger partial charge in [-0.25, -0.2) is 0 Å². The number of nitrogens with one attached hydrogen (secondary N) is 2. The average molecular weight is 303 g/mol. The quantitative estimate of drug-likeness (QED) is 0.800. The molecule has 2 N–H and O–H groups in total. The molecule has 1 saturated carbocycles. The van der Waals surface area contributed by atoms with Crippen LogP contribution in [-0.4, -0.2) is 44.2 Å². The molecule has 3 rings (SSSR count). The Balaban J connectivity index is 1.61. The summed E-state index contributed by atoms with van der Waals surface area (Å²) in [5, 5.41) is 5.67. The van der Waals surface area contributed by atoms with Crippen LogP contribution < -0.4 is 15.5 Å². The van der Waals surface area contributed by atoms with Gasteiger partial charge < -0.3 is 20.3 Å². The predicted octanol–water partition coefficient (Wildman–Crippen LogP) is 1.13. The Morgan fingerprint density at radius 1 is 1.14 bits per heavy atom. The molecule has 6 nitrogen and oxygen atoms in total. The molecule has 0 atom stereocenters. The summed E-state index contributed by atoms with van der Waals surface area (Å²) in [7, 11) is 0. The topological polar surface area (TPSA) is 70.7 Å². The van der Waals surface area contributed by atoms with Gasteiger partial charge in [0.15, 0.2) is 0 Å². The van der Waals surface area contributed by atoms with Crippen molar-refractivity contribution in [1.82, 2.24) is 5.32 Å². The van der Waals surface area contributed by atoms with E-state index in [2.05, 4.69) is 15.5 Å². The molecule has 22 heavy (non-hydrogen) atoms. The first-order valence-corrected chi connectivity index (χ1v) is 7.73. The highest BCUT2D eigenvalue weighted by atomic mass is 16.5. The zero-order chi connectivity index (χ0) is 15.4. The van der Waals surface area contributed by atoms with Crippen molar-refractivity contribution in [2.75, 3.05) is 36.5 Å². The van der Waals surface area contributed by atoms with E-state index in [4.69, 9.17) is 4.74 Å². The number of ether oxygens (including phenoxy) is 1. The third-order valence-electron chi connectivity index (χ3n) is 3.79. The highest BCUT2D eigenvalue weighted by Crippen LogP contribution is 2.26. The maximum atomic E-state index is 12.0. The van der Waals surface area contributed by atoms with Crippen LogP contribution in [0.4, 0.5) is 11.4 Å². The number of amides is 2. The smallest absolute Gasteiger partial charge is 0.233 e. The van der Waals surface area contributed by atoms with Crippen LogP contribution in [0.5, 0.6) is 0 Å². The van der Waals surface area contributed by atoms with Gasteiger partial charge in [-0.1, -0.05) is 12.1 Å².